The topological polar surface area (TPSA) is 75.4 Å². The van der Waals surface area contributed by atoms with E-state index in [-0.39, 0.29) is 23.8 Å². The Hall–Kier alpha value is -1.88. The normalized spacial score (nSPS) is 30.3. The summed E-state index contributed by atoms with van der Waals surface area (Å²) >= 11 is 0. The summed E-state index contributed by atoms with van der Waals surface area (Å²) in [5, 5.41) is 3.04. The lowest BCUT2D eigenvalue weighted by Gasteiger charge is -2.27. The van der Waals surface area contributed by atoms with Gasteiger partial charge in [-0.15, -0.1) is 0 Å². The van der Waals surface area contributed by atoms with Gasteiger partial charge in [0.05, 0.1) is 5.92 Å². The average molecular weight is 341 g/mol. The molecule has 134 valence electrons. The summed E-state index contributed by atoms with van der Waals surface area (Å²) in [6.07, 6.45) is 5.64. The highest BCUT2D eigenvalue weighted by molar-refractivity contribution is 5.93. The van der Waals surface area contributed by atoms with Gasteiger partial charge >= 0.3 is 0 Å². The summed E-state index contributed by atoms with van der Waals surface area (Å²) in [7, 11) is 0. The molecule has 1 aromatic rings. The van der Waals surface area contributed by atoms with Crippen LogP contribution in [-0.4, -0.2) is 28.8 Å². The highest BCUT2D eigenvalue weighted by Crippen LogP contribution is 2.47. The van der Waals surface area contributed by atoms with Crippen molar-refractivity contribution in [3.05, 3.63) is 29.8 Å². The van der Waals surface area contributed by atoms with Crippen molar-refractivity contribution < 1.29 is 9.59 Å². The first-order valence-electron chi connectivity index (χ1n) is 9.45. The van der Waals surface area contributed by atoms with Crippen LogP contribution < -0.4 is 11.1 Å². The molecule has 3 saturated carbocycles. The maximum absolute atomic E-state index is 12.6. The summed E-state index contributed by atoms with van der Waals surface area (Å²) in [5.74, 6) is 1.15. The van der Waals surface area contributed by atoms with Crippen LogP contribution in [0.2, 0.25) is 0 Å². The third kappa shape index (κ3) is 3.30. The number of carbonyl (C=O) groups excluding carboxylic acids is 2. The van der Waals surface area contributed by atoms with Crippen molar-refractivity contribution in [2.45, 2.75) is 57.7 Å². The van der Waals surface area contributed by atoms with Crippen molar-refractivity contribution in [2.75, 3.05) is 5.32 Å². The second kappa shape index (κ2) is 6.45. The summed E-state index contributed by atoms with van der Waals surface area (Å²) in [6.45, 7) is 2.27. The van der Waals surface area contributed by atoms with Gasteiger partial charge in [0, 0.05) is 31.2 Å². The lowest BCUT2D eigenvalue weighted by Crippen LogP contribution is -2.42. The second-order valence-corrected chi connectivity index (χ2v) is 8.00. The van der Waals surface area contributed by atoms with Gasteiger partial charge in [0.1, 0.15) is 0 Å². The first kappa shape index (κ1) is 16.6. The van der Waals surface area contributed by atoms with Gasteiger partial charge in [-0.25, -0.2) is 0 Å². The number of rotatable bonds is 5. The molecule has 0 aromatic heterocycles. The molecule has 3 aliphatic carbocycles. The van der Waals surface area contributed by atoms with Crippen molar-refractivity contribution in [1.82, 2.24) is 4.90 Å². The van der Waals surface area contributed by atoms with E-state index >= 15 is 0 Å². The molecule has 0 heterocycles. The zero-order valence-corrected chi connectivity index (χ0v) is 14.8. The number of benzene rings is 1. The van der Waals surface area contributed by atoms with Crippen LogP contribution in [0.4, 0.5) is 5.69 Å². The van der Waals surface area contributed by atoms with Crippen molar-refractivity contribution in [3.63, 3.8) is 0 Å². The van der Waals surface area contributed by atoms with Crippen molar-refractivity contribution in [1.29, 1.82) is 0 Å². The second-order valence-electron chi connectivity index (χ2n) is 8.00. The maximum Gasteiger partial charge on any atom is 0.229 e. The lowest BCUT2D eigenvalue weighted by molar-refractivity contribution is -0.130. The number of fused-ring (bicyclic) bond motifs is 2. The SMILES string of the molecule is CC(=O)N(Cc1ccc(NC(=O)C2C3CCC(C3)C2N)cc1)C1CC1. The highest BCUT2D eigenvalue weighted by atomic mass is 16.2. The number of carbonyl (C=O) groups is 2. The zero-order valence-electron chi connectivity index (χ0n) is 14.8. The molecule has 5 heteroatoms. The van der Waals surface area contributed by atoms with Gasteiger partial charge in [-0.05, 0) is 61.6 Å². The monoisotopic (exact) mass is 341 g/mol. The van der Waals surface area contributed by atoms with Gasteiger partial charge in [-0.3, -0.25) is 9.59 Å². The first-order chi connectivity index (χ1) is 12.0. The largest absolute Gasteiger partial charge is 0.336 e. The van der Waals surface area contributed by atoms with E-state index in [4.69, 9.17) is 5.73 Å². The summed E-state index contributed by atoms with van der Waals surface area (Å²) in [5.41, 5.74) is 8.17. The number of nitrogens with zero attached hydrogens (tertiary/aromatic N) is 1. The van der Waals surface area contributed by atoms with Crippen LogP contribution in [0.15, 0.2) is 24.3 Å². The van der Waals surface area contributed by atoms with Crippen molar-refractivity contribution >= 4 is 17.5 Å². The fourth-order valence-electron chi connectivity index (χ4n) is 4.72. The molecule has 3 fully saturated rings. The minimum atomic E-state index is -0.0403. The summed E-state index contributed by atoms with van der Waals surface area (Å²) in [6, 6.07) is 8.27. The number of nitrogens with two attached hydrogens (primary N) is 1. The molecule has 3 aliphatic rings. The maximum atomic E-state index is 12.6. The Morgan fingerprint density at radius 1 is 1.12 bits per heavy atom. The van der Waals surface area contributed by atoms with Crippen molar-refractivity contribution in [3.8, 4) is 0 Å². The van der Waals surface area contributed by atoms with Gasteiger partial charge in [0.15, 0.2) is 0 Å². The average Bonchev–Trinajstić information content (AvgIpc) is 3.23. The number of amides is 2. The number of hydrogen-bond donors (Lipinski definition) is 2. The lowest BCUT2D eigenvalue weighted by atomic mass is 9.84. The first-order valence-corrected chi connectivity index (χ1v) is 9.45. The number of nitrogens with one attached hydrogen (secondary N) is 1. The van der Waals surface area contributed by atoms with Crippen LogP contribution in [-0.2, 0) is 16.1 Å². The fourth-order valence-corrected chi connectivity index (χ4v) is 4.72. The van der Waals surface area contributed by atoms with Gasteiger partial charge in [0.2, 0.25) is 11.8 Å². The molecule has 0 saturated heterocycles. The Morgan fingerprint density at radius 2 is 1.80 bits per heavy atom. The van der Waals surface area contributed by atoms with Crippen molar-refractivity contribution in [2.24, 2.45) is 23.5 Å². The fraction of sp³-hybridized carbons (Fsp3) is 0.600. The zero-order chi connectivity index (χ0) is 17.6. The molecule has 4 unspecified atom stereocenters. The molecule has 0 aliphatic heterocycles. The van der Waals surface area contributed by atoms with E-state index in [9.17, 15) is 9.59 Å². The third-order valence-electron chi connectivity index (χ3n) is 6.25. The van der Waals surface area contributed by atoms with E-state index in [1.165, 1.54) is 6.42 Å². The van der Waals surface area contributed by atoms with Crippen LogP contribution in [0.1, 0.15) is 44.6 Å². The summed E-state index contributed by atoms with van der Waals surface area (Å²) in [4.78, 5) is 26.3. The molecular formula is C20H27N3O2. The molecule has 4 atom stereocenters. The van der Waals surface area contributed by atoms with E-state index in [2.05, 4.69) is 5.32 Å². The molecule has 3 N–H and O–H groups in total. The molecule has 4 rings (SSSR count). The van der Waals surface area contributed by atoms with E-state index < -0.39 is 0 Å². The van der Waals surface area contributed by atoms with E-state index in [1.54, 1.807) is 6.92 Å². The Balaban J connectivity index is 1.37. The number of anilines is 1. The van der Waals surface area contributed by atoms with Gasteiger partial charge in [0.25, 0.3) is 0 Å². The Morgan fingerprint density at radius 3 is 2.36 bits per heavy atom. The van der Waals surface area contributed by atoms with Crippen LogP contribution in [0.5, 0.6) is 0 Å². The van der Waals surface area contributed by atoms with Crippen LogP contribution in [0.3, 0.4) is 0 Å². The van der Waals surface area contributed by atoms with Crippen LogP contribution in [0, 0.1) is 17.8 Å². The smallest absolute Gasteiger partial charge is 0.229 e. The molecule has 1 aromatic carbocycles. The highest BCUT2D eigenvalue weighted by Gasteiger charge is 2.49. The minimum absolute atomic E-state index is 0.0145. The molecule has 0 radical (unpaired) electrons. The Bertz CT molecular complexity index is 666. The minimum Gasteiger partial charge on any atom is -0.336 e. The standard InChI is InChI=1S/C20H27N3O2/c1-12(24)23(17-8-9-17)11-13-2-6-16(7-3-13)22-20(25)18-14-4-5-15(10-14)19(18)21/h2-3,6-7,14-15,17-19H,4-5,8-11,21H2,1H3,(H,22,25). The predicted molar refractivity (Wildman–Crippen MR) is 96.6 cm³/mol. The Kier molecular flexibility index (Phi) is 4.28. The van der Waals surface area contributed by atoms with Gasteiger partial charge in [-0.1, -0.05) is 12.1 Å². The molecule has 2 bridgehead atoms. The van der Waals surface area contributed by atoms with Crippen LogP contribution >= 0.6 is 0 Å². The molecule has 0 spiro atoms. The van der Waals surface area contributed by atoms with Crippen LogP contribution in [0.25, 0.3) is 0 Å². The quantitative estimate of drug-likeness (QED) is 0.864. The molecule has 25 heavy (non-hydrogen) atoms. The van der Waals surface area contributed by atoms with E-state index in [0.717, 1.165) is 36.9 Å². The predicted octanol–water partition coefficient (Wildman–Crippen LogP) is 2.51. The molecule has 2 amide bonds. The third-order valence-corrected chi connectivity index (χ3v) is 6.25. The van der Waals surface area contributed by atoms with E-state index in [0.29, 0.717) is 24.4 Å². The Labute approximate surface area is 148 Å². The number of hydrogen-bond acceptors (Lipinski definition) is 3. The van der Waals surface area contributed by atoms with E-state index in [1.807, 2.05) is 29.2 Å². The van der Waals surface area contributed by atoms with Gasteiger partial charge < -0.3 is 16.0 Å². The van der Waals surface area contributed by atoms with Gasteiger partial charge in [-0.2, -0.15) is 0 Å². The summed E-state index contributed by atoms with van der Waals surface area (Å²) < 4.78 is 0. The molecule has 5 nitrogen and oxygen atoms in total. The molecular weight excluding hydrogens is 314 g/mol.